The van der Waals surface area contributed by atoms with Gasteiger partial charge in [-0.05, 0) is 33.1 Å². The summed E-state index contributed by atoms with van der Waals surface area (Å²) < 4.78 is 37.4. The van der Waals surface area contributed by atoms with Crippen LogP contribution in [0.25, 0.3) is 0 Å². The van der Waals surface area contributed by atoms with Crippen LogP contribution in [0.4, 0.5) is 0 Å². The maximum atomic E-state index is 11.8. The van der Waals surface area contributed by atoms with Gasteiger partial charge < -0.3 is 13.8 Å². The van der Waals surface area contributed by atoms with Gasteiger partial charge in [0.25, 0.3) is 0 Å². The number of hydrogen-bond acceptors (Lipinski definition) is 5. The highest BCUT2D eigenvalue weighted by molar-refractivity contribution is 7.85. The highest BCUT2D eigenvalue weighted by Gasteiger charge is 2.27. The van der Waals surface area contributed by atoms with E-state index in [-0.39, 0.29) is 11.7 Å². The zero-order valence-electron chi connectivity index (χ0n) is 13.8. The Morgan fingerprint density at radius 2 is 1.76 bits per heavy atom. The molecule has 0 aromatic carbocycles. The van der Waals surface area contributed by atoms with Gasteiger partial charge >= 0.3 is 5.97 Å². The Morgan fingerprint density at radius 3 is 2.24 bits per heavy atom. The van der Waals surface area contributed by atoms with Crippen LogP contribution in [0.2, 0.25) is 0 Å². The van der Waals surface area contributed by atoms with Crippen molar-refractivity contribution < 1.29 is 27.0 Å². The summed E-state index contributed by atoms with van der Waals surface area (Å²) in [6, 6.07) is 0. The molecule has 0 N–H and O–H groups in total. The van der Waals surface area contributed by atoms with E-state index in [0.717, 1.165) is 13.0 Å². The lowest BCUT2D eigenvalue weighted by Gasteiger charge is -2.30. The van der Waals surface area contributed by atoms with Crippen LogP contribution < -0.4 is 0 Å². The molecule has 21 heavy (non-hydrogen) atoms. The predicted octanol–water partition coefficient (Wildman–Crippen LogP) is 1.37. The molecule has 0 radical (unpaired) electrons. The van der Waals surface area contributed by atoms with Crippen molar-refractivity contribution in [1.82, 2.24) is 0 Å². The van der Waals surface area contributed by atoms with Crippen molar-refractivity contribution >= 4 is 16.1 Å². The Hall–Kier alpha value is -0.660. The molecule has 0 saturated heterocycles. The molecular weight excluding hydrogens is 294 g/mol. The highest BCUT2D eigenvalue weighted by Crippen LogP contribution is 2.21. The van der Waals surface area contributed by atoms with E-state index >= 15 is 0 Å². The van der Waals surface area contributed by atoms with E-state index in [2.05, 4.69) is 0 Å². The average molecular weight is 323 g/mol. The topological polar surface area (TPSA) is 83.5 Å². The van der Waals surface area contributed by atoms with Gasteiger partial charge in [-0.15, -0.1) is 0 Å². The van der Waals surface area contributed by atoms with E-state index in [4.69, 9.17) is 4.74 Å². The molecule has 0 rings (SSSR count). The number of carbonyl (C=O) groups is 1. The summed E-state index contributed by atoms with van der Waals surface area (Å²) in [7, 11) is -0.135. The summed E-state index contributed by atoms with van der Waals surface area (Å²) in [6.45, 7) is 7.41. The predicted molar refractivity (Wildman–Crippen MR) is 80.7 cm³/mol. The molecule has 0 unspecified atom stereocenters. The second-order valence-corrected chi connectivity index (χ2v) is 8.25. The van der Waals surface area contributed by atoms with Gasteiger partial charge in [-0.2, -0.15) is 0 Å². The Morgan fingerprint density at radius 1 is 1.19 bits per heavy atom. The minimum Gasteiger partial charge on any atom is -0.748 e. The lowest BCUT2D eigenvalue weighted by atomic mass is 9.91. The molecule has 0 fully saturated rings. The Bertz CT molecular complexity index is 429. The van der Waals surface area contributed by atoms with Crippen molar-refractivity contribution in [2.24, 2.45) is 5.41 Å². The van der Waals surface area contributed by atoms with Crippen LogP contribution in [0, 0.1) is 5.41 Å². The molecule has 0 amide bonds. The van der Waals surface area contributed by atoms with E-state index in [1.54, 1.807) is 0 Å². The number of unbranched alkanes of at least 4 members (excludes halogenated alkanes) is 1. The Balaban J connectivity index is 4.00. The van der Waals surface area contributed by atoms with Crippen LogP contribution in [0.3, 0.4) is 0 Å². The number of likely N-dealkylation sites (N-methyl/N-ethyl adjacent to an activating group) is 1. The van der Waals surface area contributed by atoms with E-state index < -0.39 is 15.5 Å². The van der Waals surface area contributed by atoms with Gasteiger partial charge in [-0.1, -0.05) is 6.92 Å². The lowest BCUT2D eigenvalue weighted by Crippen LogP contribution is -2.44. The van der Waals surface area contributed by atoms with Gasteiger partial charge in [0.2, 0.25) is 0 Å². The van der Waals surface area contributed by atoms with Crippen molar-refractivity contribution in [1.29, 1.82) is 0 Å². The number of nitrogens with zero attached hydrogens (tertiary/aromatic N) is 1. The van der Waals surface area contributed by atoms with Crippen LogP contribution in [0.5, 0.6) is 0 Å². The van der Waals surface area contributed by atoms with Crippen LogP contribution >= 0.6 is 0 Å². The van der Waals surface area contributed by atoms with Crippen molar-refractivity contribution in [3.63, 3.8) is 0 Å². The third kappa shape index (κ3) is 9.82. The molecule has 0 spiro atoms. The first-order valence-electron chi connectivity index (χ1n) is 7.32. The summed E-state index contributed by atoms with van der Waals surface area (Å²) >= 11 is 0. The summed E-state index contributed by atoms with van der Waals surface area (Å²) in [5.74, 6) is -0.505. The van der Waals surface area contributed by atoms with E-state index in [9.17, 15) is 17.8 Å². The van der Waals surface area contributed by atoms with Gasteiger partial charge in [0.05, 0.1) is 36.2 Å². The first kappa shape index (κ1) is 20.3. The minimum atomic E-state index is -4.12. The SMILES string of the molecule is CCC(C)(C)C(=O)OCC[N+](C)(C)CCCCS(=O)(=O)[O-]. The molecule has 0 aliphatic heterocycles. The highest BCUT2D eigenvalue weighted by atomic mass is 32.2. The second kappa shape index (κ2) is 8.10. The Labute approximate surface area is 128 Å². The standard InChI is InChI=1S/C14H29NO5S/c1-6-14(2,3)13(16)20-11-10-15(4,5)9-7-8-12-21(17,18)19/h6-12H2,1-5H3. The molecule has 0 aromatic heterocycles. The van der Waals surface area contributed by atoms with Crippen LogP contribution in [-0.2, 0) is 19.6 Å². The molecule has 6 nitrogen and oxygen atoms in total. The number of ether oxygens (including phenoxy) is 1. The number of carbonyl (C=O) groups excluding carboxylic acids is 1. The molecule has 126 valence electrons. The van der Waals surface area contributed by atoms with Crippen LogP contribution in [0.15, 0.2) is 0 Å². The van der Waals surface area contributed by atoms with Gasteiger partial charge in [0.15, 0.2) is 0 Å². The number of esters is 1. The summed E-state index contributed by atoms with van der Waals surface area (Å²) in [4.78, 5) is 11.8. The zero-order chi connectivity index (χ0) is 16.7. The summed E-state index contributed by atoms with van der Waals surface area (Å²) in [5.41, 5.74) is -0.459. The summed E-state index contributed by atoms with van der Waals surface area (Å²) in [5, 5.41) is 0. The minimum absolute atomic E-state index is 0.192. The second-order valence-electron chi connectivity index (χ2n) is 6.73. The first-order chi connectivity index (χ1) is 9.40. The van der Waals surface area contributed by atoms with Gasteiger partial charge in [0.1, 0.15) is 13.2 Å². The third-order valence-electron chi connectivity index (χ3n) is 3.77. The Kier molecular flexibility index (Phi) is 7.84. The van der Waals surface area contributed by atoms with Crippen LogP contribution in [0.1, 0.15) is 40.0 Å². The molecule has 0 heterocycles. The fourth-order valence-electron chi connectivity index (χ4n) is 1.66. The van der Waals surface area contributed by atoms with Gasteiger partial charge in [-0.25, -0.2) is 8.42 Å². The average Bonchev–Trinajstić information content (AvgIpc) is 2.33. The van der Waals surface area contributed by atoms with E-state index in [0.29, 0.717) is 30.5 Å². The number of hydrogen-bond donors (Lipinski definition) is 0. The molecule has 0 saturated carbocycles. The third-order valence-corrected chi connectivity index (χ3v) is 4.56. The van der Waals surface area contributed by atoms with Gasteiger partial charge in [0, 0.05) is 5.75 Å². The van der Waals surface area contributed by atoms with Crippen molar-refractivity contribution in [3.05, 3.63) is 0 Å². The molecule has 7 heteroatoms. The summed E-state index contributed by atoms with van der Waals surface area (Å²) in [6.07, 6.45) is 1.76. The largest absolute Gasteiger partial charge is 0.748 e. The molecule has 0 atom stereocenters. The fraction of sp³-hybridized carbons (Fsp3) is 0.929. The number of quaternary nitrogens is 1. The smallest absolute Gasteiger partial charge is 0.311 e. The van der Waals surface area contributed by atoms with Crippen molar-refractivity contribution in [2.45, 2.75) is 40.0 Å². The van der Waals surface area contributed by atoms with E-state index in [1.165, 1.54) is 0 Å². The first-order valence-corrected chi connectivity index (χ1v) is 8.90. The zero-order valence-corrected chi connectivity index (χ0v) is 14.7. The molecule has 0 aromatic rings. The molecule has 0 aliphatic rings. The monoisotopic (exact) mass is 323 g/mol. The van der Waals surface area contributed by atoms with Crippen LogP contribution in [-0.4, -0.2) is 63.0 Å². The fourth-order valence-corrected chi connectivity index (χ4v) is 2.21. The van der Waals surface area contributed by atoms with Crippen molar-refractivity contribution in [3.8, 4) is 0 Å². The molecule has 0 bridgehead atoms. The van der Waals surface area contributed by atoms with Gasteiger partial charge in [-0.3, -0.25) is 4.79 Å². The van der Waals surface area contributed by atoms with E-state index in [1.807, 2.05) is 34.9 Å². The quantitative estimate of drug-likeness (QED) is 0.262. The number of rotatable bonds is 10. The lowest BCUT2D eigenvalue weighted by molar-refractivity contribution is -0.890. The molecule has 0 aliphatic carbocycles. The maximum absolute atomic E-state index is 11.8. The maximum Gasteiger partial charge on any atom is 0.311 e. The molecular formula is C14H29NO5S. The normalized spacial score (nSPS) is 13.2. The van der Waals surface area contributed by atoms with Crippen molar-refractivity contribution in [2.75, 3.05) is 39.5 Å².